The van der Waals surface area contributed by atoms with Crippen molar-refractivity contribution in [2.24, 2.45) is 11.7 Å². The highest BCUT2D eigenvalue weighted by atomic mass is 16.6. The van der Waals surface area contributed by atoms with Crippen molar-refractivity contribution in [3.8, 4) is 22.8 Å². The van der Waals surface area contributed by atoms with Crippen molar-refractivity contribution >= 4 is 17.1 Å². The lowest BCUT2D eigenvalue weighted by molar-refractivity contribution is 0.196. The number of aromatic hydroxyl groups is 1. The SMILES string of the molecule is N[C@H]1CC[C@H](CNC(=O)Oc2cc(-c3ccc(O)cc3)nc3[nH]ncc23)CC1. The molecule has 5 N–H and O–H groups in total. The minimum Gasteiger partial charge on any atom is -0.508 e. The van der Waals surface area contributed by atoms with E-state index in [1.54, 1.807) is 36.5 Å². The number of nitrogens with zero attached hydrogens (tertiary/aromatic N) is 2. The van der Waals surface area contributed by atoms with Gasteiger partial charge in [0.1, 0.15) is 11.5 Å². The molecule has 0 atom stereocenters. The van der Waals surface area contributed by atoms with Crippen molar-refractivity contribution in [1.82, 2.24) is 20.5 Å². The number of carbonyl (C=O) groups is 1. The fraction of sp³-hybridized carbons (Fsp3) is 0.350. The van der Waals surface area contributed by atoms with Crippen LogP contribution in [-0.2, 0) is 0 Å². The van der Waals surface area contributed by atoms with Crippen molar-refractivity contribution in [2.45, 2.75) is 31.7 Å². The molecule has 1 fully saturated rings. The molecule has 0 spiro atoms. The van der Waals surface area contributed by atoms with Crippen LogP contribution < -0.4 is 15.8 Å². The summed E-state index contributed by atoms with van der Waals surface area (Å²) in [7, 11) is 0. The van der Waals surface area contributed by atoms with E-state index in [4.69, 9.17) is 10.5 Å². The van der Waals surface area contributed by atoms with Crippen LogP contribution in [0.4, 0.5) is 4.79 Å². The van der Waals surface area contributed by atoms with Crippen LogP contribution in [0, 0.1) is 5.92 Å². The number of nitrogens with one attached hydrogen (secondary N) is 2. The predicted molar refractivity (Wildman–Crippen MR) is 105 cm³/mol. The highest BCUT2D eigenvalue weighted by Crippen LogP contribution is 2.30. The third-order valence-corrected chi connectivity index (χ3v) is 5.18. The van der Waals surface area contributed by atoms with Crippen LogP contribution in [0.25, 0.3) is 22.3 Å². The number of pyridine rings is 1. The van der Waals surface area contributed by atoms with Gasteiger partial charge in [-0.1, -0.05) is 0 Å². The van der Waals surface area contributed by atoms with E-state index in [2.05, 4.69) is 20.5 Å². The number of hydrogen-bond acceptors (Lipinski definition) is 6. The molecule has 0 saturated heterocycles. The van der Waals surface area contributed by atoms with Crippen molar-refractivity contribution in [3.63, 3.8) is 0 Å². The maximum atomic E-state index is 12.3. The summed E-state index contributed by atoms with van der Waals surface area (Å²) in [4.78, 5) is 16.8. The fourth-order valence-electron chi connectivity index (χ4n) is 3.52. The first-order chi connectivity index (χ1) is 13.6. The number of carbonyl (C=O) groups excluding carboxylic acids is 1. The predicted octanol–water partition coefficient (Wildman–Crippen LogP) is 2.94. The van der Waals surface area contributed by atoms with Gasteiger partial charge in [0.15, 0.2) is 5.65 Å². The average Bonchev–Trinajstić information content (AvgIpc) is 3.17. The van der Waals surface area contributed by atoms with Crippen molar-refractivity contribution in [1.29, 1.82) is 0 Å². The summed E-state index contributed by atoms with van der Waals surface area (Å²) in [6.07, 6.45) is 5.12. The number of aromatic amines is 1. The van der Waals surface area contributed by atoms with Gasteiger partial charge in [0.05, 0.1) is 17.3 Å². The minimum absolute atomic E-state index is 0.172. The number of phenolic OH excluding ortho intramolecular Hbond substituents is 1. The summed E-state index contributed by atoms with van der Waals surface area (Å²) < 4.78 is 5.56. The van der Waals surface area contributed by atoms with E-state index < -0.39 is 6.09 Å². The molecular formula is C20H23N5O3. The van der Waals surface area contributed by atoms with Crippen LogP contribution in [0.15, 0.2) is 36.5 Å². The maximum absolute atomic E-state index is 12.3. The molecule has 8 nitrogen and oxygen atoms in total. The van der Waals surface area contributed by atoms with Crippen LogP contribution in [0.5, 0.6) is 11.5 Å². The minimum atomic E-state index is -0.500. The monoisotopic (exact) mass is 381 g/mol. The van der Waals surface area contributed by atoms with Crippen LogP contribution >= 0.6 is 0 Å². The van der Waals surface area contributed by atoms with E-state index in [0.29, 0.717) is 34.9 Å². The zero-order chi connectivity index (χ0) is 19.5. The molecule has 146 valence electrons. The first kappa shape index (κ1) is 18.2. The molecule has 2 aromatic heterocycles. The van der Waals surface area contributed by atoms with Gasteiger partial charge >= 0.3 is 6.09 Å². The van der Waals surface area contributed by atoms with Crippen LogP contribution in [0.3, 0.4) is 0 Å². The number of aromatic nitrogens is 3. The van der Waals surface area contributed by atoms with E-state index in [1.165, 1.54) is 0 Å². The molecule has 3 aromatic rings. The standard InChI is InChI=1S/C20H23N5O3/c21-14-5-1-12(2-6-14)10-22-20(27)28-18-9-17(13-3-7-15(26)8-4-13)24-19-16(18)11-23-25-19/h3-4,7-9,11-12,14,26H,1-2,5-6,10,21H2,(H,22,27)(H,23,24,25)/t12-,14-. The van der Waals surface area contributed by atoms with Crippen LogP contribution in [0.1, 0.15) is 25.7 Å². The van der Waals surface area contributed by atoms with Crippen molar-refractivity contribution in [3.05, 3.63) is 36.5 Å². The smallest absolute Gasteiger partial charge is 0.412 e. The highest BCUT2D eigenvalue weighted by molar-refractivity contribution is 5.87. The van der Waals surface area contributed by atoms with Gasteiger partial charge in [0.25, 0.3) is 0 Å². The Balaban J connectivity index is 1.48. The third kappa shape index (κ3) is 4.07. The quantitative estimate of drug-likeness (QED) is 0.550. The van der Waals surface area contributed by atoms with Gasteiger partial charge in [-0.15, -0.1) is 0 Å². The Morgan fingerprint density at radius 2 is 2.00 bits per heavy atom. The summed E-state index contributed by atoms with van der Waals surface area (Å²) in [6.45, 7) is 0.579. The largest absolute Gasteiger partial charge is 0.508 e. The lowest BCUT2D eigenvalue weighted by atomic mass is 9.86. The summed E-state index contributed by atoms with van der Waals surface area (Å²) in [5, 5.41) is 19.8. The first-order valence-corrected chi connectivity index (χ1v) is 9.43. The molecular weight excluding hydrogens is 358 g/mol. The molecule has 2 heterocycles. The number of phenols is 1. The fourth-order valence-corrected chi connectivity index (χ4v) is 3.52. The normalized spacial score (nSPS) is 19.5. The Kier molecular flexibility index (Phi) is 5.12. The Hall–Kier alpha value is -3.13. The molecule has 4 rings (SSSR count). The van der Waals surface area contributed by atoms with E-state index >= 15 is 0 Å². The molecule has 8 heteroatoms. The summed E-state index contributed by atoms with van der Waals surface area (Å²) in [6, 6.07) is 8.64. The number of nitrogens with two attached hydrogens (primary N) is 1. The topological polar surface area (TPSA) is 126 Å². The summed E-state index contributed by atoms with van der Waals surface area (Å²) >= 11 is 0. The summed E-state index contributed by atoms with van der Waals surface area (Å²) in [5.41, 5.74) is 7.85. The molecule has 0 bridgehead atoms. The molecule has 0 aliphatic heterocycles. The van der Waals surface area contributed by atoms with Gasteiger partial charge in [-0.2, -0.15) is 5.10 Å². The van der Waals surface area contributed by atoms with Gasteiger partial charge < -0.3 is 20.9 Å². The number of ether oxygens (including phenoxy) is 1. The molecule has 1 saturated carbocycles. The second kappa shape index (κ2) is 7.85. The Bertz CT molecular complexity index is 962. The number of hydrogen-bond donors (Lipinski definition) is 4. The highest BCUT2D eigenvalue weighted by Gasteiger charge is 2.20. The van der Waals surface area contributed by atoms with Crippen LogP contribution in [-0.4, -0.2) is 39.0 Å². The number of amides is 1. The van der Waals surface area contributed by atoms with Gasteiger partial charge in [-0.3, -0.25) is 5.10 Å². The maximum Gasteiger partial charge on any atom is 0.412 e. The first-order valence-electron chi connectivity index (χ1n) is 9.43. The second-order valence-electron chi connectivity index (χ2n) is 7.24. The zero-order valence-electron chi connectivity index (χ0n) is 15.4. The Labute approximate surface area is 162 Å². The number of H-pyrrole nitrogens is 1. The molecule has 1 amide bonds. The van der Waals surface area contributed by atoms with Gasteiger partial charge in [0.2, 0.25) is 0 Å². The lowest BCUT2D eigenvalue weighted by Crippen LogP contribution is -2.35. The second-order valence-corrected chi connectivity index (χ2v) is 7.24. The average molecular weight is 381 g/mol. The molecule has 1 aliphatic rings. The van der Waals surface area contributed by atoms with Crippen molar-refractivity contribution in [2.75, 3.05) is 6.54 Å². The lowest BCUT2D eigenvalue weighted by Gasteiger charge is -2.25. The van der Waals surface area contributed by atoms with E-state index in [0.717, 1.165) is 31.2 Å². The van der Waals surface area contributed by atoms with Crippen molar-refractivity contribution < 1.29 is 14.6 Å². The van der Waals surface area contributed by atoms with E-state index in [-0.39, 0.29) is 11.8 Å². The van der Waals surface area contributed by atoms with Gasteiger partial charge in [0, 0.05) is 24.2 Å². The van der Waals surface area contributed by atoms with E-state index in [9.17, 15) is 9.90 Å². The zero-order valence-corrected chi connectivity index (χ0v) is 15.4. The number of rotatable bonds is 4. The van der Waals surface area contributed by atoms with E-state index in [1.807, 2.05) is 0 Å². The summed E-state index contributed by atoms with van der Waals surface area (Å²) in [5.74, 6) is 0.988. The molecule has 28 heavy (non-hydrogen) atoms. The molecule has 1 aliphatic carbocycles. The van der Waals surface area contributed by atoms with Gasteiger partial charge in [-0.25, -0.2) is 9.78 Å². The number of benzene rings is 1. The Morgan fingerprint density at radius 3 is 2.75 bits per heavy atom. The van der Waals surface area contributed by atoms with Gasteiger partial charge in [-0.05, 0) is 55.9 Å². The molecule has 1 aromatic carbocycles. The number of fused-ring (bicyclic) bond motifs is 1. The van der Waals surface area contributed by atoms with Crippen LogP contribution in [0.2, 0.25) is 0 Å². The molecule has 0 unspecified atom stereocenters. The third-order valence-electron chi connectivity index (χ3n) is 5.18. The Morgan fingerprint density at radius 1 is 1.25 bits per heavy atom. The molecule has 0 radical (unpaired) electrons.